The zero-order chi connectivity index (χ0) is 21.8. The molecule has 0 spiro atoms. The summed E-state index contributed by atoms with van der Waals surface area (Å²) >= 11 is 1.37. The summed E-state index contributed by atoms with van der Waals surface area (Å²) < 4.78 is 29.4. The number of rotatable bonds is 7. The minimum Gasteiger partial charge on any atom is -0.325 e. The fourth-order valence-electron chi connectivity index (χ4n) is 3.78. The number of carbonyl (C=O) groups is 1. The topological polar surface area (TPSA) is 84.3 Å². The first kappa shape index (κ1) is 21.9. The van der Waals surface area contributed by atoms with Gasteiger partial charge in [-0.15, -0.1) is 0 Å². The molecule has 0 aliphatic carbocycles. The molecule has 9 heteroatoms. The Hall–Kier alpha value is -2.36. The SMILES string of the molecule is CCn1c(SCC(=O)Nc2cccc(S(=O)(=O)N3CCCCC3)c2)nc2ccccc21. The number of imidazole rings is 1. The van der Waals surface area contributed by atoms with E-state index in [-0.39, 0.29) is 16.6 Å². The molecule has 1 N–H and O–H groups in total. The van der Waals surface area contributed by atoms with Gasteiger partial charge in [-0.05, 0) is 50.1 Å². The number of thioether (sulfide) groups is 1. The number of piperidine rings is 1. The normalized spacial score (nSPS) is 15.3. The van der Waals surface area contributed by atoms with Crippen LogP contribution in [0.2, 0.25) is 0 Å². The summed E-state index contributed by atoms with van der Waals surface area (Å²) in [5.41, 5.74) is 2.43. The minimum absolute atomic E-state index is 0.187. The van der Waals surface area contributed by atoms with E-state index in [2.05, 4.69) is 14.9 Å². The standard InChI is InChI=1S/C22H26N4O3S2/c1-2-26-20-12-5-4-11-19(20)24-22(26)30-16-21(27)23-17-9-8-10-18(15-17)31(28,29)25-13-6-3-7-14-25/h4-5,8-12,15H,2-3,6-7,13-14,16H2,1H3,(H,23,27). The van der Waals surface area contributed by atoms with Crippen molar-refractivity contribution in [2.24, 2.45) is 0 Å². The zero-order valence-corrected chi connectivity index (χ0v) is 19.1. The third kappa shape index (κ3) is 4.78. The summed E-state index contributed by atoms with van der Waals surface area (Å²) in [4.78, 5) is 17.4. The molecule has 1 fully saturated rings. The van der Waals surface area contributed by atoms with Gasteiger partial charge < -0.3 is 9.88 Å². The number of aryl methyl sites for hydroxylation is 1. The zero-order valence-electron chi connectivity index (χ0n) is 17.5. The Balaban J connectivity index is 1.43. The highest BCUT2D eigenvalue weighted by molar-refractivity contribution is 7.99. The molecule has 7 nitrogen and oxygen atoms in total. The molecule has 0 radical (unpaired) electrons. The molecule has 0 atom stereocenters. The van der Waals surface area contributed by atoms with Crippen LogP contribution >= 0.6 is 11.8 Å². The number of aromatic nitrogens is 2. The molecule has 0 bridgehead atoms. The number of hydrogen-bond donors (Lipinski definition) is 1. The van der Waals surface area contributed by atoms with E-state index >= 15 is 0 Å². The van der Waals surface area contributed by atoms with Crippen LogP contribution in [0.4, 0.5) is 5.69 Å². The molecule has 164 valence electrons. The molecular weight excluding hydrogens is 432 g/mol. The first-order chi connectivity index (χ1) is 15.0. The van der Waals surface area contributed by atoms with Crippen LogP contribution < -0.4 is 5.32 Å². The van der Waals surface area contributed by atoms with E-state index in [4.69, 9.17) is 0 Å². The monoisotopic (exact) mass is 458 g/mol. The van der Waals surface area contributed by atoms with Crippen LogP contribution in [0.5, 0.6) is 0 Å². The number of amides is 1. The van der Waals surface area contributed by atoms with E-state index in [0.717, 1.165) is 42.0 Å². The van der Waals surface area contributed by atoms with E-state index in [1.807, 2.05) is 31.2 Å². The lowest BCUT2D eigenvalue weighted by Gasteiger charge is -2.26. The molecule has 31 heavy (non-hydrogen) atoms. The summed E-state index contributed by atoms with van der Waals surface area (Å²) in [6.45, 7) is 3.91. The molecule has 0 saturated carbocycles. The van der Waals surface area contributed by atoms with Gasteiger partial charge in [-0.25, -0.2) is 13.4 Å². The van der Waals surface area contributed by atoms with E-state index < -0.39 is 10.0 Å². The molecule has 1 saturated heterocycles. The highest BCUT2D eigenvalue weighted by Crippen LogP contribution is 2.25. The third-order valence-electron chi connectivity index (χ3n) is 5.34. The Morgan fingerprint density at radius 2 is 1.87 bits per heavy atom. The summed E-state index contributed by atoms with van der Waals surface area (Å²) in [5, 5.41) is 3.61. The third-order valence-corrected chi connectivity index (χ3v) is 8.21. The Labute approximate surface area is 186 Å². The van der Waals surface area contributed by atoms with Crippen molar-refractivity contribution in [2.75, 3.05) is 24.2 Å². The van der Waals surface area contributed by atoms with Gasteiger partial charge in [-0.3, -0.25) is 4.79 Å². The maximum Gasteiger partial charge on any atom is 0.243 e. The van der Waals surface area contributed by atoms with E-state index in [1.165, 1.54) is 22.1 Å². The Morgan fingerprint density at radius 1 is 1.10 bits per heavy atom. The predicted molar refractivity (Wildman–Crippen MR) is 124 cm³/mol. The summed E-state index contributed by atoms with van der Waals surface area (Å²) in [7, 11) is -3.54. The molecule has 2 aromatic carbocycles. The predicted octanol–water partition coefficient (Wildman–Crippen LogP) is 3.96. The first-order valence-electron chi connectivity index (χ1n) is 10.5. The van der Waals surface area contributed by atoms with Gasteiger partial charge in [0, 0.05) is 25.3 Å². The van der Waals surface area contributed by atoms with Gasteiger partial charge in [-0.2, -0.15) is 4.31 Å². The number of nitrogens with zero attached hydrogens (tertiary/aromatic N) is 3. The van der Waals surface area contributed by atoms with Crippen molar-refractivity contribution in [1.82, 2.24) is 13.9 Å². The number of anilines is 1. The fourth-order valence-corrected chi connectivity index (χ4v) is 6.23. The van der Waals surface area contributed by atoms with Crippen molar-refractivity contribution >= 4 is 44.4 Å². The molecule has 1 aliphatic heterocycles. The second-order valence-electron chi connectivity index (χ2n) is 7.46. The van der Waals surface area contributed by atoms with Gasteiger partial charge >= 0.3 is 0 Å². The Bertz CT molecular complexity index is 1180. The van der Waals surface area contributed by atoms with Crippen LogP contribution in [0.1, 0.15) is 26.2 Å². The molecule has 1 amide bonds. The van der Waals surface area contributed by atoms with Crippen molar-refractivity contribution in [3.05, 3.63) is 48.5 Å². The van der Waals surface area contributed by atoms with Crippen LogP contribution in [-0.4, -0.2) is 47.0 Å². The van der Waals surface area contributed by atoms with Crippen molar-refractivity contribution in [2.45, 2.75) is 42.8 Å². The average molecular weight is 459 g/mol. The highest BCUT2D eigenvalue weighted by Gasteiger charge is 2.26. The van der Waals surface area contributed by atoms with Gasteiger partial charge in [0.05, 0.1) is 21.7 Å². The molecule has 1 aliphatic rings. The number of sulfonamides is 1. The van der Waals surface area contributed by atoms with Crippen LogP contribution in [-0.2, 0) is 21.4 Å². The van der Waals surface area contributed by atoms with E-state index in [1.54, 1.807) is 18.2 Å². The molecular formula is C22H26N4O3S2. The Kier molecular flexibility index (Phi) is 6.64. The largest absolute Gasteiger partial charge is 0.325 e. The van der Waals surface area contributed by atoms with Crippen LogP contribution in [0, 0.1) is 0 Å². The molecule has 2 heterocycles. The van der Waals surface area contributed by atoms with Gasteiger partial charge in [0.1, 0.15) is 0 Å². The van der Waals surface area contributed by atoms with Crippen LogP contribution in [0.25, 0.3) is 11.0 Å². The number of fused-ring (bicyclic) bond motifs is 1. The summed E-state index contributed by atoms with van der Waals surface area (Å²) in [6.07, 6.45) is 2.83. The van der Waals surface area contributed by atoms with Gasteiger partial charge in [0.25, 0.3) is 0 Å². The highest BCUT2D eigenvalue weighted by atomic mass is 32.2. The summed E-state index contributed by atoms with van der Waals surface area (Å²) in [6, 6.07) is 14.4. The number of benzene rings is 2. The van der Waals surface area contributed by atoms with Crippen molar-refractivity contribution in [1.29, 1.82) is 0 Å². The van der Waals surface area contributed by atoms with Crippen LogP contribution in [0.15, 0.2) is 58.6 Å². The van der Waals surface area contributed by atoms with Crippen LogP contribution in [0.3, 0.4) is 0 Å². The number of carbonyl (C=O) groups excluding carboxylic acids is 1. The molecule has 1 aromatic heterocycles. The second-order valence-corrected chi connectivity index (χ2v) is 10.3. The molecule has 0 unspecified atom stereocenters. The number of hydrogen-bond acceptors (Lipinski definition) is 5. The number of para-hydroxylation sites is 2. The van der Waals surface area contributed by atoms with Crippen molar-refractivity contribution in [3.8, 4) is 0 Å². The summed E-state index contributed by atoms with van der Waals surface area (Å²) in [5.74, 6) is -0.0147. The van der Waals surface area contributed by atoms with Crippen molar-refractivity contribution < 1.29 is 13.2 Å². The maximum absolute atomic E-state index is 12.9. The molecule has 3 aromatic rings. The maximum atomic E-state index is 12.9. The van der Waals surface area contributed by atoms with Gasteiger partial charge in [-0.1, -0.05) is 36.4 Å². The van der Waals surface area contributed by atoms with Crippen molar-refractivity contribution in [3.63, 3.8) is 0 Å². The smallest absolute Gasteiger partial charge is 0.243 e. The minimum atomic E-state index is -3.54. The fraction of sp³-hybridized carbons (Fsp3) is 0.364. The number of nitrogens with one attached hydrogen (secondary N) is 1. The Morgan fingerprint density at radius 3 is 2.65 bits per heavy atom. The quantitative estimate of drug-likeness (QED) is 0.542. The van der Waals surface area contributed by atoms with Gasteiger partial charge in [0.2, 0.25) is 15.9 Å². The lowest BCUT2D eigenvalue weighted by Crippen LogP contribution is -2.35. The average Bonchev–Trinajstić information content (AvgIpc) is 3.16. The lowest BCUT2D eigenvalue weighted by atomic mass is 10.2. The first-order valence-corrected chi connectivity index (χ1v) is 12.9. The second kappa shape index (κ2) is 9.42. The van der Waals surface area contributed by atoms with E-state index in [0.29, 0.717) is 18.8 Å². The molecule has 4 rings (SSSR count). The van der Waals surface area contributed by atoms with E-state index in [9.17, 15) is 13.2 Å². The lowest BCUT2D eigenvalue weighted by molar-refractivity contribution is -0.113. The van der Waals surface area contributed by atoms with Gasteiger partial charge in [0.15, 0.2) is 5.16 Å².